The van der Waals surface area contributed by atoms with E-state index in [1.54, 1.807) is 37.3 Å². The van der Waals surface area contributed by atoms with E-state index in [1.165, 1.54) is 12.0 Å². The van der Waals surface area contributed by atoms with Crippen LogP contribution in [0.3, 0.4) is 0 Å². The first-order valence-corrected chi connectivity index (χ1v) is 13.0. The average Bonchev–Trinajstić information content (AvgIpc) is 3.49. The van der Waals surface area contributed by atoms with Crippen LogP contribution in [0.5, 0.6) is 5.75 Å². The zero-order valence-electron chi connectivity index (χ0n) is 21.0. The molecule has 5 aromatic rings. The summed E-state index contributed by atoms with van der Waals surface area (Å²) >= 11 is 1.03. The molecule has 39 heavy (non-hydrogen) atoms. The number of aryl methyl sites for hydroxylation is 1. The average molecular weight is 539 g/mol. The number of nitrogens with zero attached hydrogens (tertiary/aromatic N) is 2. The van der Waals surface area contributed by atoms with Crippen LogP contribution in [-0.2, 0) is 11.3 Å². The highest BCUT2D eigenvalue weighted by Gasteiger charge is 2.45. The molecule has 1 atom stereocenters. The molecule has 2 aromatic heterocycles. The van der Waals surface area contributed by atoms with Crippen molar-refractivity contribution in [2.75, 3.05) is 12.0 Å². The molecule has 0 saturated heterocycles. The SMILES string of the molecule is COC(=O)c1sc(N2C(=O)c3oc4ccccc4c(=O)c3C2c2cccc(OCc3ccccc3)c2)nc1C. The Bertz CT molecular complexity index is 1790. The van der Waals surface area contributed by atoms with E-state index in [-0.39, 0.29) is 26.8 Å². The molecule has 0 N–H and O–H groups in total. The third-order valence-electron chi connectivity index (χ3n) is 6.56. The first-order chi connectivity index (χ1) is 19.0. The molecule has 1 amide bonds. The topological polar surface area (TPSA) is 98.9 Å². The van der Waals surface area contributed by atoms with Gasteiger partial charge in [-0.1, -0.05) is 65.9 Å². The highest BCUT2D eigenvalue weighted by molar-refractivity contribution is 7.17. The lowest BCUT2D eigenvalue weighted by molar-refractivity contribution is 0.0605. The van der Waals surface area contributed by atoms with E-state index in [1.807, 2.05) is 48.5 Å². The number of fused-ring (bicyclic) bond motifs is 2. The van der Waals surface area contributed by atoms with Crippen molar-refractivity contribution in [1.82, 2.24) is 4.98 Å². The number of methoxy groups -OCH3 is 1. The van der Waals surface area contributed by atoms with Crippen LogP contribution in [0, 0.1) is 6.92 Å². The van der Waals surface area contributed by atoms with Gasteiger partial charge in [-0.25, -0.2) is 9.78 Å². The van der Waals surface area contributed by atoms with Gasteiger partial charge in [0.25, 0.3) is 5.91 Å². The van der Waals surface area contributed by atoms with Crippen LogP contribution in [0.4, 0.5) is 5.13 Å². The molecule has 1 aliphatic rings. The molecule has 8 nitrogen and oxygen atoms in total. The van der Waals surface area contributed by atoms with Gasteiger partial charge in [-0.3, -0.25) is 14.5 Å². The van der Waals surface area contributed by atoms with Crippen molar-refractivity contribution in [3.05, 3.63) is 122 Å². The number of rotatable bonds is 6. The van der Waals surface area contributed by atoms with E-state index in [9.17, 15) is 14.4 Å². The van der Waals surface area contributed by atoms with E-state index in [0.717, 1.165) is 16.9 Å². The number of esters is 1. The van der Waals surface area contributed by atoms with Crippen molar-refractivity contribution in [2.24, 2.45) is 0 Å². The lowest BCUT2D eigenvalue weighted by Gasteiger charge is -2.23. The van der Waals surface area contributed by atoms with Gasteiger partial charge in [0, 0.05) is 0 Å². The lowest BCUT2D eigenvalue weighted by Crippen LogP contribution is -2.29. The number of carbonyl (C=O) groups is 2. The highest BCUT2D eigenvalue weighted by Crippen LogP contribution is 2.43. The van der Waals surface area contributed by atoms with E-state index < -0.39 is 17.9 Å². The van der Waals surface area contributed by atoms with Crippen molar-refractivity contribution in [2.45, 2.75) is 19.6 Å². The maximum absolute atomic E-state index is 13.8. The number of ether oxygens (including phenoxy) is 2. The monoisotopic (exact) mass is 538 g/mol. The van der Waals surface area contributed by atoms with Crippen LogP contribution < -0.4 is 15.1 Å². The van der Waals surface area contributed by atoms with Crippen LogP contribution in [0.15, 0.2) is 88.1 Å². The van der Waals surface area contributed by atoms with Crippen LogP contribution in [0.2, 0.25) is 0 Å². The minimum atomic E-state index is -0.843. The molecule has 3 heterocycles. The Morgan fingerprint density at radius 1 is 1.03 bits per heavy atom. The quantitative estimate of drug-likeness (QED) is 0.257. The molecule has 1 unspecified atom stereocenters. The standard InChI is InChI=1S/C30H22N2O6S/c1-17-27(29(35)36-2)39-30(31-17)32-24(19-11-8-12-20(15-19)37-16-18-9-4-3-5-10-18)23-25(33)21-13-6-7-14-22(21)38-26(23)28(32)34/h3-15,24H,16H2,1-2H3. The maximum atomic E-state index is 13.8. The largest absolute Gasteiger partial charge is 0.489 e. The number of carbonyl (C=O) groups excluding carboxylic acids is 2. The molecule has 3 aromatic carbocycles. The van der Waals surface area contributed by atoms with E-state index in [2.05, 4.69) is 4.98 Å². The van der Waals surface area contributed by atoms with E-state index in [4.69, 9.17) is 13.9 Å². The third-order valence-corrected chi connectivity index (χ3v) is 7.70. The Morgan fingerprint density at radius 3 is 2.59 bits per heavy atom. The van der Waals surface area contributed by atoms with Gasteiger partial charge in [-0.05, 0) is 42.3 Å². The molecule has 0 bridgehead atoms. The summed E-state index contributed by atoms with van der Waals surface area (Å²) < 4.78 is 16.9. The van der Waals surface area contributed by atoms with Gasteiger partial charge in [-0.2, -0.15) is 0 Å². The normalized spacial score (nSPS) is 14.5. The summed E-state index contributed by atoms with van der Waals surface area (Å²) in [5.41, 5.74) is 2.31. The summed E-state index contributed by atoms with van der Waals surface area (Å²) in [6.45, 7) is 2.03. The summed E-state index contributed by atoms with van der Waals surface area (Å²) in [5, 5.41) is 0.631. The molecule has 9 heteroatoms. The number of aromatic nitrogens is 1. The molecule has 0 aliphatic carbocycles. The number of thiazole rings is 1. The Kier molecular flexibility index (Phi) is 6.20. The molecule has 194 valence electrons. The fourth-order valence-corrected chi connectivity index (χ4v) is 5.73. The van der Waals surface area contributed by atoms with Gasteiger partial charge in [0.15, 0.2) is 10.6 Å². The second-order valence-corrected chi connectivity index (χ2v) is 9.97. The van der Waals surface area contributed by atoms with Gasteiger partial charge in [0.2, 0.25) is 5.76 Å². The fraction of sp³-hybridized carbons (Fsp3) is 0.133. The molecule has 0 radical (unpaired) electrons. The minimum absolute atomic E-state index is 0.0493. The summed E-state index contributed by atoms with van der Waals surface area (Å²) in [7, 11) is 1.29. The number of hydrogen-bond donors (Lipinski definition) is 0. The molecule has 1 aliphatic heterocycles. The second-order valence-electron chi connectivity index (χ2n) is 9.00. The Morgan fingerprint density at radius 2 is 1.79 bits per heavy atom. The van der Waals surface area contributed by atoms with Crippen LogP contribution in [-0.4, -0.2) is 24.0 Å². The smallest absolute Gasteiger partial charge is 0.350 e. The number of para-hydroxylation sites is 1. The maximum Gasteiger partial charge on any atom is 0.350 e. The number of hydrogen-bond acceptors (Lipinski definition) is 8. The zero-order chi connectivity index (χ0) is 27.1. The highest BCUT2D eigenvalue weighted by atomic mass is 32.1. The summed E-state index contributed by atoms with van der Waals surface area (Å²) in [5.74, 6) is -0.536. The van der Waals surface area contributed by atoms with Gasteiger partial charge >= 0.3 is 5.97 Å². The molecule has 0 saturated carbocycles. The van der Waals surface area contributed by atoms with Crippen molar-refractivity contribution < 1.29 is 23.5 Å². The van der Waals surface area contributed by atoms with Gasteiger partial charge in [0.1, 0.15) is 22.8 Å². The fourth-order valence-electron chi connectivity index (χ4n) is 4.71. The summed E-state index contributed by atoms with van der Waals surface area (Å²) in [6.07, 6.45) is 0. The van der Waals surface area contributed by atoms with E-state index in [0.29, 0.717) is 34.6 Å². The van der Waals surface area contributed by atoms with Gasteiger partial charge < -0.3 is 13.9 Å². The van der Waals surface area contributed by atoms with Crippen molar-refractivity contribution in [1.29, 1.82) is 0 Å². The molecule has 6 rings (SSSR count). The second kappa shape index (κ2) is 9.85. The number of benzene rings is 3. The Labute approximate surface area is 227 Å². The number of anilines is 1. The molecular weight excluding hydrogens is 516 g/mol. The first-order valence-electron chi connectivity index (χ1n) is 12.2. The predicted molar refractivity (Wildman–Crippen MR) is 147 cm³/mol. The number of amides is 1. The lowest BCUT2D eigenvalue weighted by atomic mass is 9.98. The molecular formula is C30H22N2O6S. The predicted octanol–water partition coefficient (Wildman–Crippen LogP) is 5.67. The summed E-state index contributed by atoms with van der Waals surface area (Å²) in [6, 6.07) is 23.0. The first kappa shape index (κ1) is 24.6. The third kappa shape index (κ3) is 4.26. The van der Waals surface area contributed by atoms with Gasteiger partial charge in [-0.15, -0.1) is 0 Å². The molecule has 0 spiro atoms. The summed E-state index contributed by atoms with van der Waals surface area (Å²) in [4.78, 5) is 46.2. The van der Waals surface area contributed by atoms with E-state index >= 15 is 0 Å². The van der Waals surface area contributed by atoms with Crippen molar-refractivity contribution in [3.8, 4) is 5.75 Å². The van der Waals surface area contributed by atoms with Crippen LogP contribution in [0.1, 0.15) is 48.7 Å². The zero-order valence-corrected chi connectivity index (χ0v) is 21.9. The van der Waals surface area contributed by atoms with Crippen LogP contribution in [0.25, 0.3) is 11.0 Å². The van der Waals surface area contributed by atoms with Crippen molar-refractivity contribution >= 4 is 39.3 Å². The van der Waals surface area contributed by atoms with Gasteiger partial charge in [0.05, 0.1) is 29.8 Å². The Balaban J connectivity index is 1.49. The van der Waals surface area contributed by atoms with Crippen LogP contribution >= 0.6 is 11.3 Å². The molecule has 0 fully saturated rings. The minimum Gasteiger partial charge on any atom is -0.489 e. The van der Waals surface area contributed by atoms with Crippen molar-refractivity contribution in [3.63, 3.8) is 0 Å². The Hall–Kier alpha value is -4.76.